The molecule has 1 aromatic heterocycles. The lowest BCUT2D eigenvalue weighted by atomic mass is 10.0. The lowest BCUT2D eigenvalue weighted by Crippen LogP contribution is -2.36. The third-order valence-corrected chi connectivity index (χ3v) is 2.76. The summed E-state index contributed by atoms with van der Waals surface area (Å²) in [6.07, 6.45) is 6.26. The summed E-state index contributed by atoms with van der Waals surface area (Å²) in [5.41, 5.74) is 1.15. The number of nitrogens with zero attached hydrogens (tertiary/aromatic N) is 1. The topological polar surface area (TPSA) is 45.2 Å². The fourth-order valence-electron chi connectivity index (χ4n) is 1.94. The first-order valence-electron chi connectivity index (χ1n) is 5.16. The molecule has 1 saturated heterocycles. The van der Waals surface area contributed by atoms with Gasteiger partial charge in [0, 0.05) is 18.4 Å². The average molecular weight is 192 g/mol. The van der Waals surface area contributed by atoms with E-state index in [-0.39, 0.29) is 12.1 Å². The minimum absolute atomic E-state index is 0.264. The number of hydrogen-bond acceptors (Lipinski definition) is 3. The van der Waals surface area contributed by atoms with Crippen molar-refractivity contribution in [3.05, 3.63) is 30.1 Å². The van der Waals surface area contributed by atoms with E-state index in [0.717, 1.165) is 24.9 Å². The number of aliphatic hydroxyl groups excluding tert-OH is 1. The fourth-order valence-corrected chi connectivity index (χ4v) is 1.94. The number of rotatable bonds is 3. The molecular weight excluding hydrogens is 176 g/mol. The summed E-state index contributed by atoms with van der Waals surface area (Å²) in [6, 6.07) is 4.19. The van der Waals surface area contributed by atoms with Crippen LogP contribution < -0.4 is 5.32 Å². The zero-order valence-electron chi connectivity index (χ0n) is 8.19. The van der Waals surface area contributed by atoms with Crippen LogP contribution in [0.25, 0.3) is 0 Å². The normalized spacial score (nSPS) is 23.6. The van der Waals surface area contributed by atoms with E-state index in [0.29, 0.717) is 0 Å². The standard InChI is InChI=1S/C11H16N2O/c14-11(10-2-1-5-13-10)8-9-3-6-12-7-4-9/h3-4,6-7,10-11,13-14H,1-2,5,8H2. The predicted molar refractivity (Wildman–Crippen MR) is 55.0 cm³/mol. The molecule has 76 valence electrons. The Bertz CT molecular complexity index is 270. The zero-order valence-corrected chi connectivity index (χ0v) is 8.19. The molecule has 14 heavy (non-hydrogen) atoms. The maximum Gasteiger partial charge on any atom is 0.0733 e. The van der Waals surface area contributed by atoms with E-state index >= 15 is 0 Å². The molecule has 2 unspecified atom stereocenters. The van der Waals surface area contributed by atoms with Gasteiger partial charge in [-0.1, -0.05) is 0 Å². The lowest BCUT2D eigenvalue weighted by molar-refractivity contribution is 0.136. The molecule has 1 aromatic rings. The van der Waals surface area contributed by atoms with Crippen LogP contribution in [0, 0.1) is 0 Å². The van der Waals surface area contributed by atoms with E-state index in [4.69, 9.17) is 0 Å². The van der Waals surface area contributed by atoms with Crippen LogP contribution in [-0.2, 0) is 6.42 Å². The van der Waals surface area contributed by atoms with Gasteiger partial charge in [0.15, 0.2) is 0 Å². The Labute approximate surface area is 84.2 Å². The minimum Gasteiger partial charge on any atom is -0.391 e. The van der Waals surface area contributed by atoms with Gasteiger partial charge in [-0.2, -0.15) is 0 Å². The van der Waals surface area contributed by atoms with E-state index in [1.807, 2.05) is 12.1 Å². The van der Waals surface area contributed by atoms with Crippen molar-refractivity contribution in [2.45, 2.75) is 31.4 Å². The molecule has 0 radical (unpaired) electrons. The van der Waals surface area contributed by atoms with Gasteiger partial charge in [0.2, 0.25) is 0 Å². The molecule has 1 aliphatic heterocycles. The van der Waals surface area contributed by atoms with E-state index in [1.165, 1.54) is 6.42 Å². The summed E-state index contributed by atoms with van der Waals surface area (Å²) in [7, 11) is 0. The molecular formula is C11H16N2O. The highest BCUT2D eigenvalue weighted by Crippen LogP contribution is 2.13. The molecule has 2 atom stereocenters. The van der Waals surface area contributed by atoms with Gasteiger partial charge < -0.3 is 10.4 Å². The van der Waals surface area contributed by atoms with Crippen LogP contribution in [0.2, 0.25) is 0 Å². The SMILES string of the molecule is OC(Cc1ccncc1)C1CCCN1. The van der Waals surface area contributed by atoms with Gasteiger partial charge in [-0.3, -0.25) is 4.98 Å². The second-order valence-corrected chi connectivity index (χ2v) is 3.83. The summed E-state index contributed by atoms with van der Waals surface area (Å²) in [5.74, 6) is 0. The van der Waals surface area contributed by atoms with Gasteiger partial charge in [-0.15, -0.1) is 0 Å². The van der Waals surface area contributed by atoms with Crippen molar-refractivity contribution >= 4 is 0 Å². The Morgan fingerprint density at radius 3 is 2.93 bits per heavy atom. The number of nitrogens with one attached hydrogen (secondary N) is 1. The highest BCUT2D eigenvalue weighted by Gasteiger charge is 2.22. The molecule has 0 bridgehead atoms. The first-order valence-corrected chi connectivity index (χ1v) is 5.16. The molecule has 2 heterocycles. The molecule has 0 aromatic carbocycles. The molecule has 2 N–H and O–H groups in total. The summed E-state index contributed by atoms with van der Waals surface area (Å²) in [6.45, 7) is 1.04. The molecule has 3 heteroatoms. The largest absolute Gasteiger partial charge is 0.391 e. The van der Waals surface area contributed by atoms with Crippen molar-refractivity contribution in [2.24, 2.45) is 0 Å². The van der Waals surface area contributed by atoms with Crippen molar-refractivity contribution in [3.8, 4) is 0 Å². The number of aromatic nitrogens is 1. The van der Waals surface area contributed by atoms with Crippen LogP contribution in [0.1, 0.15) is 18.4 Å². The summed E-state index contributed by atoms with van der Waals surface area (Å²) in [4.78, 5) is 3.95. The Hall–Kier alpha value is -0.930. The highest BCUT2D eigenvalue weighted by atomic mass is 16.3. The highest BCUT2D eigenvalue weighted by molar-refractivity contribution is 5.11. The Kier molecular flexibility index (Phi) is 3.11. The molecule has 1 aliphatic rings. The van der Waals surface area contributed by atoms with Crippen LogP contribution in [0.5, 0.6) is 0 Å². The minimum atomic E-state index is -0.264. The molecule has 3 nitrogen and oxygen atoms in total. The summed E-state index contributed by atoms with van der Waals surface area (Å²) < 4.78 is 0. The Morgan fingerprint density at radius 1 is 1.50 bits per heavy atom. The first-order chi connectivity index (χ1) is 6.86. The van der Waals surface area contributed by atoms with Crippen LogP contribution >= 0.6 is 0 Å². The molecule has 0 aliphatic carbocycles. The summed E-state index contributed by atoms with van der Waals surface area (Å²) in [5, 5.41) is 13.2. The van der Waals surface area contributed by atoms with Crippen LogP contribution in [0.4, 0.5) is 0 Å². The number of hydrogen-bond donors (Lipinski definition) is 2. The fraction of sp³-hybridized carbons (Fsp3) is 0.545. The third-order valence-electron chi connectivity index (χ3n) is 2.76. The van der Waals surface area contributed by atoms with Gasteiger partial charge in [0.25, 0.3) is 0 Å². The second-order valence-electron chi connectivity index (χ2n) is 3.83. The van der Waals surface area contributed by atoms with E-state index in [9.17, 15) is 5.11 Å². The molecule has 0 amide bonds. The van der Waals surface area contributed by atoms with Gasteiger partial charge in [0.05, 0.1) is 6.10 Å². The monoisotopic (exact) mass is 192 g/mol. The number of aliphatic hydroxyl groups is 1. The van der Waals surface area contributed by atoms with Gasteiger partial charge in [0.1, 0.15) is 0 Å². The predicted octanol–water partition coefficient (Wildman–Crippen LogP) is 0.737. The maximum absolute atomic E-state index is 9.92. The Morgan fingerprint density at radius 2 is 2.29 bits per heavy atom. The molecule has 0 spiro atoms. The Balaban J connectivity index is 1.90. The van der Waals surface area contributed by atoms with Crippen molar-refractivity contribution in [2.75, 3.05) is 6.54 Å². The maximum atomic E-state index is 9.92. The average Bonchev–Trinajstić information content (AvgIpc) is 2.72. The van der Waals surface area contributed by atoms with E-state index in [2.05, 4.69) is 10.3 Å². The number of pyridine rings is 1. The van der Waals surface area contributed by atoms with Crippen molar-refractivity contribution in [1.29, 1.82) is 0 Å². The van der Waals surface area contributed by atoms with E-state index < -0.39 is 0 Å². The smallest absolute Gasteiger partial charge is 0.0733 e. The second kappa shape index (κ2) is 4.53. The quantitative estimate of drug-likeness (QED) is 0.742. The van der Waals surface area contributed by atoms with Crippen LogP contribution in [0.3, 0.4) is 0 Å². The zero-order chi connectivity index (χ0) is 9.80. The van der Waals surface area contributed by atoms with Crippen molar-refractivity contribution in [1.82, 2.24) is 10.3 Å². The van der Waals surface area contributed by atoms with Crippen molar-refractivity contribution < 1.29 is 5.11 Å². The molecule has 0 saturated carbocycles. The van der Waals surface area contributed by atoms with Crippen LogP contribution in [0.15, 0.2) is 24.5 Å². The molecule has 2 rings (SSSR count). The third kappa shape index (κ3) is 2.30. The first kappa shape index (κ1) is 9.62. The van der Waals surface area contributed by atoms with Gasteiger partial charge in [-0.25, -0.2) is 0 Å². The lowest BCUT2D eigenvalue weighted by Gasteiger charge is -2.17. The van der Waals surface area contributed by atoms with Crippen LogP contribution in [-0.4, -0.2) is 28.8 Å². The van der Waals surface area contributed by atoms with Gasteiger partial charge in [-0.05, 0) is 43.5 Å². The van der Waals surface area contributed by atoms with E-state index in [1.54, 1.807) is 12.4 Å². The molecule has 1 fully saturated rings. The summed E-state index contributed by atoms with van der Waals surface area (Å²) >= 11 is 0. The van der Waals surface area contributed by atoms with Crippen molar-refractivity contribution in [3.63, 3.8) is 0 Å². The van der Waals surface area contributed by atoms with Gasteiger partial charge >= 0.3 is 0 Å².